The van der Waals surface area contributed by atoms with Crippen LogP contribution in [0, 0.1) is 6.92 Å². The minimum Gasteiger partial charge on any atom is -1.00 e. The van der Waals surface area contributed by atoms with Crippen molar-refractivity contribution in [2.75, 3.05) is 0 Å². The van der Waals surface area contributed by atoms with E-state index in [1.807, 2.05) is 29.1 Å². The Hall–Kier alpha value is -1.15. The molecule has 0 spiro atoms. The van der Waals surface area contributed by atoms with E-state index in [0.29, 0.717) is 0 Å². The molecule has 116 valence electrons. The van der Waals surface area contributed by atoms with Gasteiger partial charge >= 0.3 is 26.2 Å². The van der Waals surface area contributed by atoms with Gasteiger partial charge in [-0.15, -0.1) is 41.1 Å². The minimum atomic E-state index is 0. The van der Waals surface area contributed by atoms with Crippen molar-refractivity contribution in [3.63, 3.8) is 0 Å². The Bertz CT molecular complexity index is 741. The van der Waals surface area contributed by atoms with Crippen molar-refractivity contribution >= 4 is 10.8 Å². The number of hydrogen-bond donors (Lipinski definition) is 0. The van der Waals surface area contributed by atoms with Gasteiger partial charge in [-0.05, 0) is 11.8 Å². The number of halogens is 2. The zero-order valence-electron chi connectivity index (χ0n) is 12.7. The zero-order valence-corrected chi connectivity index (χ0v) is 16.6. The van der Waals surface area contributed by atoms with Gasteiger partial charge in [-0.25, -0.2) is 12.1 Å². The van der Waals surface area contributed by atoms with Gasteiger partial charge < -0.3 is 24.8 Å². The van der Waals surface area contributed by atoms with Crippen LogP contribution in [0.2, 0.25) is 0 Å². The summed E-state index contributed by atoms with van der Waals surface area (Å²) in [5.74, 6) is 0. The SMILES string of the molecule is C[c-]1cccc1.[Cl-].[Cl-].[Zr+4].c1ccc2[cH-]c(-n3cccn3)cc2c1. The van der Waals surface area contributed by atoms with E-state index in [-0.39, 0.29) is 51.0 Å². The summed E-state index contributed by atoms with van der Waals surface area (Å²) in [6.07, 6.45) is 3.74. The molecule has 23 heavy (non-hydrogen) atoms. The Kier molecular flexibility index (Phi) is 10.1. The second kappa shape index (κ2) is 10.6. The normalized spacial score (nSPS) is 8.91. The van der Waals surface area contributed by atoms with Gasteiger partial charge in [0, 0.05) is 12.4 Å². The third-order valence-corrected chi connectivity index (χ3v) is 3.20. The van der Waals surface area contributed by atoms with Crippen LogP contribution >= 0.6 is 0 Å². The Morgan fingerprint density at radius 1 is 1.00 bits per heavy atom. The smallest absolute Gasteiger partial charge is 1.00 e. The predicted octanol–water partition coefficient (Wildman–Crippen LogP) is -1.54. The Balaban J connectivity index is 0.000000469. The van der Waals surface area contributed by atoms with Crippen LogP contribution in [0.15, 0.2) is 79.1 Å². The van der Waals surface area contributed by atoms with Crippen LogP contribution in [0.1, 0.15) is 5.56 Å². The molecule has 0 saturated carbocycles. The number of fused-ring (bicyclic) bond motifs is 1. The summed E-state index contributed by atoms with van der Waals surface area (Å²) in [5, 5.41) is 6.72. The van der Waals surface area contributed by atoms with E-state index in [2.05, 4.69) is 60.6 Å². The second-order valence-electron chi connectivity index (χ2n) is 4.76. The molecule has 0 aliphatic heterocycles. The van der Waals surface area contributed by atoms with Gasteiger partial charge in [0.05, 0.1) is 0 Å². The molecular formula is C18H16Cl2N2Zr. The first-order valence-electron chi connectivity index (χ1n) is 6.67. The van der Waals surface area contributed by atoms with E-state index >= 15 is 0 Å². The van der Waals surface area contributed by atoms with Crippen molar-refractivity contribution in [1.82, 2.24) is 9.78 Å². The third kappa shape index (κ3) is 5.77. The number of nitrogens with zero attached hydrogens (tertiary/aromatic N) is 2. The fourth-order valence-corrected chi connectivity index (χ4v) is 2.16. The van der Waals surface area contributed by atoms with Crippen LogP contribution in [-0.4, -0.2) is 9.78 Å². The van der Waals surface area contributed by atoms with Crippen LogP contribution in [0.4, 0.5) is 0 Å². The first kappa shape index (κ1) is 21.9. The van der Waals surface area contributed by atoms with Crippen LogP contribution < -0.4 is 24.8 Å². The fourth-order valence-electron chi connectivity index (χ4n) is 2.16. The van der Waals surface area contributed by atoms with E-state index in [1.54, 1.807) is 6.20 Å². The zero-order chi connectivity index (χ0) is 13.8. The molecular weight excluding hydrogens is 406 g/mol. The molecule has 0 radical (unpaired) electrons. The first-order chi connectivity index (χ1) is 9.83. The maximum Gasteiger partial charge on any atom is 4.00 e. The molecule has 4 aromatic rings. The van der Waals surface area contributed by atoms with Gasteiger partial charge in [0.15, 0.2) is 0 Å². The molecule has 1 aromatic heterocycles. The van der Waals surface area contributed by atoms with Gasteiger partial charge in [-0.3, -0.25) is 4.68 Å². The maximum atomic E-state index is 4.20. The van der Waals surface area contributed by atoms with Crippen LogP contribution in [0.3, 0.4) is 0 Å². The molecule has 0 fully saturated rings. The molecule has 0 saturated heterocycles. The third-order valence-electron chi connectivity index (χ3n) is 3.20. The number of aryl methyl sites for hydroxylation is 1. The van der Waals surface area contributed by atoms with E-state index in [4.69, 9.17) is 0 Å². The average Bonchev–Trinajstić information content (AvgIpc) is 3.20. The summed E-state index contributed by atoms with van der Waals surface area (Å²) < 4.78 is 1.88. The van der Waals surface area contributed by atoms with Gasteiger partial charge in [0.2, 0.25) is 0 Å². The minimum absolute atomic E-state index is 0. The van der Waals surface area contributed by atoms with Gasteiger partial charge in [-0.1, -0.05) is 13.0 Å². The molecule has 3 aromatic carbocycles. The summed E-state index contributed by atoms with van der Waals surface area (Å²) in [6.45, 7) is 2.08. The first-order valence-corrected chi connectivity index (χ1v) is 6.67. The van der Waals surface area contributed by atoms with E-state index in [0.717, 1.165) is 5.69 Å². The predicted molar refractivity (Wildman–Crippen MR) is 83.4 cm³/mol. The molecule has 0 aliphatic rings. The number of aromatic nitrogens is 2. The Morgan fingerprint density at radius 2 is 1.70 bits per heavy atom. The molecule has 4 rings (SSSR count). The average molecular weight is 422 g/mol. The maximum absolute atomic E-state index is 4.20. The fraction of sp³-hybridized carbons (Fsp3) is 0.0556. The van der Waals surface area contributed by atoms with Crippen LogP contribution in [0.25, 0.3) is 16.5 Å². The molecule has 1 heterocycles. The largest absolute Gasteiger partial charge is 4.00 e. The van der Waals surface area contributed by atoms with E-state index in [1.165, 1.54) is 16.3 Å². The summed E-state index contributed by atoms with van der Waals surface area (Å²) >= 11 is 0. The summed E-state index contributed by atoms with van der Waals surface area (Å²) in [7, 11) is 0. The summed E-state index contributed by atoms with van der Waals surface area (Å²) in [6, 6.07) is 22.8. The Labute approximate surface area is 168 Å². The van der Waals surface area contributed by atoms with Gasteiger partial charge in [-0.2, -0.15) is 22.8 Å². The van der Waals surface area contributed by atoms with Crippen molar-refractivity contribution in [1.29, 1.82) is 0 Å². The topological polar surface area (TPSA) is 17.8 Å². The standard InChI is InChI=1S/C12H9N2.C6H7.2ClH.Zr/c1-2-5-11-9-12(8-10(11)4-1)14-7-3-6-13-14;1-6-4-2-3-5-6;;;/h1-9H;2-5H,1H3;2*1H;/q2*-1;;;+4/p-2. The molecule has 5 heteroatoms. The van der Waals surface area contributed by atoms with Crippen molar-refractivity contribution in [2.24, 2.45) is 0 Å². The van der Waals surface area contributed by atoms with E-state index in [9.17, 15) is 0 Å². The second-order valence-corrected chi connectivity index (χ2v) is 4.76. The quantitative estimate of drug-likeness (QED) is 0.340. The van der Waals surface area contributed by atoms with Gasteiger partial charge in [0.1, 0.15) is 0 Å². The molecule has 0 amide bonds. The molecule has 2 nitrogen and oxygen atoms in total. The molecule has 0 atom stereocenters. The number of hydrogen-bond acceptors (Lipinski definition) is 1. The molecule has 0 aliphatic carbocycles. The van der Waals surface area contributed by atoms with Crippen molar-refractivity contribution < 1.29 is 51.0 Å². The molecule has 0 unspecified atom stereocenters. The number of benzene rings is 1. The van der Waals surface area contributed by atoms with Crippen LogP contribution in [0.5, 0.6) is 0 Å². The number of rotatable bonds is 1. The molecule has 0 N–H and O–H groups in total. The van der Waals surface area contributed by atoms with Crippen molar-refractivity contribution in [3.8, 4) is 5.69 Å². The molecule has 0 bridgehead atoms. The van der Waals surface area contributed by atoms with Crippen molar-refractivity contribution in [3.05, 3.63) is 84.7 Å². The monoisotopic (exact) mass is 420 g/mol. The summed E-state index contributed by atoms with van der Waals surface area (Å²) in [4.78, 5) is 0. The van der Waals surface area contributed by atoms with Gasteiger partial charge in [0.25, 0.3) is 0 Å². The van der Waals surface area contributed by atoms with E-state index < -0.39 is 0 Å². The summed E-state index contributed by atoms with van der Waals surface area (Å²) in [5.41, 5.74) is 2.46. The van der Waals surface area contributed by atoms with Crippen molar-refractivity contribution in [2.45, 2.75) is 6.92 Å². The van der Waals surface area contributed by atoms with Crippen LogP contribution in [-0.2, 0) is 26.2 Å². The Morgan fingerprint density at radius 3 is 2.22 bits per heavy atom.